The first-order valence-electron chi connectivity index (χ1n) is 17.4. The van der Waals surface area contributed by atoms with E-state index in [1.165, 1.54) is 0 Å². The Morgan fingerprint density at radius 1 is 0.472 bits per heavy atom. The van der Waals surface area contributed by atoms with Crippen LogP contribution in [0.25, 0.3) is 100.0 Å². The molecule has 7 nitrogen and oxygen atoms in total. The molecule has 246 valence electrons. The molecule has 4 aromatic heterocycles. The van der Waals surface area contributed by atoms with Crippen LogP contribution >= 0.6 is 0 Å². The van der Waals surface area contributed by atoms with Gasteiger partial charge < -0.3 is 8.98 Å². The van der Waals surface area contributed by atoms with Crippen molar-refractivity contribution in [1.82, 2.24) is 24.1 Å². The topological polar surface area (TPSA) is 85.5 Å². The molecular formula is C46H26N6O. The zero-order valence-electron chi connectivity index (χ0n) is 28.1. The van der Waals surface area contributed by atoms with Crippen molar-refractivity contribution < 1.29 is 4.42 Å². The normalized spacial score (nSPS) is 11.8. The Kier molecular flexibility index (Phi) is 6.18. The van der Waals surface area contributed by atoms with Crippen molar-refractivity contribution in [2.24, 2.45) is 0 Å². The molecule has 0 bridgehead atoms. The molecular weight excluding hydrogens is 653 g/mol. The van der Waals surface area contributed by atoms with E-state index < -0.39 is 0 Å². The minimum Gasteiger partial charge on any atom is -0.454 e. The molecule has 0 unspecified atom stereocenters. The van der Waals surface area contributed by atoms with E-state index in [-0.39, 0.29) is 0 Å². The highest BCUT2D eigenvalue weighted by Gasteiger charge is 2.28. The van der Waals surface area contributed by atoms with Crippen molar-refractivity contribution >= 4 is 65.6 Å². The van der Waals surface area contributed by atoms with Crippen LogP contribution in [0.5, 0.6) is 0 Å². The summed E-state index contributed by atoms with van der Waals surface area (Å²) in [5, 5.41) is 16.0. The smallest absolute Gasteiger partial charge is 0.238 e. The summed E-state index contributed by atoms with van der Waals surface area (Å²) in [4.78, 5) is 15.4. The molecule has 11 rings (SSSR count). The lowest BCUT2D eigenvalue weighted by Crippen LogP contribution is -2.06. The van der Waals surface area contributed by atoms with E-state index in [0.29, 0.717) is 23.2 Å². The molecule has 0 radical (unpaired) electrons. The Hall–Kier alpha value is -7.56. The first kappa shape index (κ1) is 29.2. The number of nitriles is 1. The lowest BCUT2D eigenvalue weighted by atomic mass is 10.0. The lowest BCUT2D eigenvalue weighted by Gasteiger charge is -2.12. The molecule has 53 heavy (non-hydrogen) atoms. The van der Waals surface area contributed by atoms with Gasteiger partial charge in [0.15, 0.2) is 17.2 Å². The van der Waals surface area contributed by atoms with Crippen LogP contribution in [0.4, 0.5) is 0 Å². The molecule has 0 spiro atoms. The second kappa shape index (κ2) is 11.2. The van der Waals surface area contributed by atoms with Gasteiger partial charge in [-0.1, -0.05) is 103 Å². The maximum atomic E-state index is 9.50. The fraction of sp³-hybridized carbons (Fsp3) is 0. The maximum Gasteiger partial charge on any atom is 0.238 e. The van der Waals surface area contributed by atoms with Crippen molar-refractivity contribution in [2.45, 2.75) is 0 Å². The van der Waals surface area contributed by atoms with Crippen LogP contribution in [0.3, 0.4) is 0 Å². The number of aromatic nitrogens is 5. The fourth-order valence-corrected chi connectivity index (χ4v) is 7.94. The maximum absolute atomic E-state index is 9.50. The van der Waals surface area contributed by atoms with Crippen LogP contribution < -0.4 is 0 Å². The quantitative estimate of drug-likeness (QED) is 0.185. The molecule has 0 atom stereocenters. The van der Waals surface area contributed by atoms with Crippen LogP contribution in [0.15, 0.2) is 162 Å². The third-order valence-corrected chi connectivity index (χ3v) is 10.2. The first-order valence-corrected chi connectivity index (χ1v) is 17.4. The third-order valence-electron chi connectivity index (χ3n) is 10.2. The summed E-state index contributed by atoms with van der Waals surface area (Å²) in [5.74, 6) is 1.52. The van der Waals surface area contributed by atoms with Crippen molar-refractivity contribution in [3.8, 4) is 40.5 Å². The summed E-state index contributed by atoms with van der Waals surface area (Å²) in [7, 11) is 0. The Bertz CT molecular complexity index is 3280. The number of fused-ring (bicyclic) bond motifs is 12. The van der Waals surface area contributed by atoms with Crippen molar-refractivity contribution in [3.05, 3.63) is 163 Å². The van der Waals surface area contributed by atoms with E-state index in [0.717, 1.165) is 82.4 Å². The molecule has 0 aliphatic rings. The second-order valence-corrected chi connectivity index (χ2v) is 13.1. The largest absolute Gasteiger partial charge is 0.454 e. The zero-order valence-corrected chi connectivity index (χ0v) is 28.1. The van der Waals surface area contributed by atoms with Crippen molar-refractivity contribution in [3.63, 3.8) is 0 Å². The van der Waals surface area contributed by atoms with E-state index in [1.807, 2.05) is 54.6 Å². The second-order valence-electron chi connectivity index (χ2n) is 13.1. The predicted octanol–water partition coefficient (Wildman–Crippen LogP) is 11.2. The Morgan fingerprint density at radius 3 is 1.70 bits per heavy atom. The molecule has 0 saturated carbocycles. The van der Waals surface area contributed by atoms with Crippen LogP contribution in [0, 0.1) is 11.3 Å². The standard InChI is InChI=1S/C46H26N6O/c47-27-28-23-25-30(26-24-28)45-48-44(29-13-3-1-4-14-29)49-46(50-45)52-36-21-11-8-18-33(36)39-38-32-17-7-10-20-35(32)51(31-15-5-2-6-16-31)41(38)40-34-19-9-12-22-37(34)53-43(40)42(39)52/h1-26H. The van der Waals surface area contributed by atoms with E-state index in [2.05, 4.69) is 106 Å². The highest BCUT2D eigenvalue weighted by Crippen LogP contribution is 2.49. The monoisotopic (exact) mass is 678 g/mol. The molecule has 0 N–H and O–H groups in total. The van der Waals surface area contributed by atoms with Gasteiger partial charge in [-0.15, -0.1) is 0 Å². The molecule has 7 heteroatoms. The highest BCUT2D eigenvalue weighted by atomic mass is 16.3. The summed E-state index contributed by atoms with van der Waals surface area (Å²) < 4.78 is 11.5. The van der Waals surface area contributed by atoms with E-state index >= 15 is 0 Å². The van der Waals surface area contributed by atoms with E-state index in [9.17, 15) is 5.26 Å². The van der Waals surface area contributed by atoms with Gasteiger partial charge in [0, 0.05) is 43.7 Å². The molecule has 11 aromatic rings. The average Bonchev–Trinajstić information content (AvgIpc) is 3.89. The number of para-hydroxylation sites is 4. The van der Waals surface area contributed by atoms with Crippen LogP contribution in [0.1, 0.15) is 5.56 Å². The van der Waals surface area contributed by atoms with Gasteiger partial charge in [0.05, 0.1) is 33.6 Å². The number of benzene rings is 7. The summed E-state index contributed by atoms with van der Waals surface area (Å²) in [6.07, 6.45) is 0. The van der Waals surface area contributed by atoms with Gasteiger partial charge in [-0.3, -0.25) is 4.57 Å². The minimum absolute atomic E-state index is 0.470. The van der Waals surface area contributed by atoms with Gasteiger partial charge >= 0.3 is 0 Å². The number of nitrogens with zero attached hydrogens (tertiary/aromatic N) is 6. The molecule has 0 aliphatic carbocycles. The van der Waals surface area contributed by atoms with Gasteiger partial charge in [-0.25, -0.2) is 4.98 Å². The number of furan rings is 1. The summed E-state index contributed by atoms with van der Waals surface area (Å²) in [6.45, 7) is 0. The number of hydrogen-bond donors (Lipinski definition) is 0. The zero-order chi connectivity index (χ0) is 35.0. The molecule has 4 heterocycles. The van der Waals surface area contributed by atoms with Crippen LogP contribution in [-0.2, 0) is 0 Å². The predicted molar refractivity (Wildman–Crippen MR) is 211 cm³/mol. The Morgan fingerprint density at radius 2 is 1.02 bits per heavy atom. The van der Waals surface area contributed by atoms with E-state index in [4.69, 9.17) is 19.4 Å². The van der Waals surface area contributed by atoms with Gasteiger partial charge in [-0.05, 0) is 54.6 Å². The Balaban J connectivity index is 1.37. The summed E-state index contributed by atoms with van der Waals surface area (Å²) in [5.41, 5.74) is 8.89. The lowest BCUT2D eigenvalue weighted by molar-refractivity contribution is 0.671. The van der Waals surface area contributed by atoms with Gasteiger partial charge in [0.2, 0.25) is 5.95 Å². The van der Waals surface area contributed by atoms with Gasteiger partial charge in [0.1, 0.15) is 11.1 Å². The minimum atomic E-state index is 0.470. The SMILES string of the molecule is N#Cc1ccc(-c2nc(-c3ccccc3)nc(-n3c4ccccc4c4c5c6ccccc6n(-c6ccccc6)c5c5c6ccccc6oc5c43)n2)cc1. The number of hydrogen-bond acceptors (Lipinski definition) is 5. The van der Waals surface area contributed by atoms with Crippen LogP contribution in [-0.4, -0.2) is 24.1 Å². The number of rotatable bonds is 4. The molecule has 0 saturated heterocycles. The van der Waals surface area contributed by atoms with Gasteiger partial charge in [0.25, 0.3) is 0 Å². The van der Waals surface area contributed by atoms with Gasteiger partial charge in [-0.2, -0.15) is 15.2 Å². The fourth-order valence-electron chi connectivity index (χ4n) is 7.94. The first-order chi connectivity index (χ1) is 26.3. The highest BCUT2D eigenvalue weighted by molar-refractivity contribution is 6.39. The Labute approximate surface area is 302 Å². The average molecular weight is 679 g/mol. The molecule has 0 aliphatic heterocycles. The summed E-state index contributed by atoms with van der Waals surface area (Å²) >= 11 is 0. The molecule has 7 aromatic carbocycles. The van der Waals surface area contributed by atoms with Crippen molar-refractivity contribution in [1.29, 1.82) is 5.26 Å². The van der Waals surface area contributed by atoms with Crippen molar-refractivity contribution in [2.75, 3.05) is 0 Å². The van der Waals surface area contributed by atoms with Crippen LogP contribution in [0.2, 0.25) is 0 Å². The molecule has 0 amide bonds. The molecule has 0 fully saturated rings. The third kappa shape index (κ3) is 4.24. The summed E-state index contributed by atoms with van der Waals surface area (Å²) in [6, 6.07) is 55.4. The van der Waals surface area contributed by atoms with E-state index in [1.54, 1.807) is 12.1 Å².